The number of aliphatic hydroxyl groups excluding tert-OH is 2. The first kappa shape index (κ1) is 40.0. The third kappa shape index (κ3) is 27.6. The summed E-state index contributed by atoms with van der Waals surface area (Å²) in [6.45, 7) is 4.44. The van der Waals surface area contributed by atoms with Gasteiger partial charge in [-0.05, 0) is 19.3 Å². The van der Waals surface area contributed by atoms with Gasteiger partial charge in [0, 0.05) is 0 Å². The molecule has 0 saturated carbocycles. The fourth-order valence-electron chi connectivity index (χ4n) is 5.16. The molecule has 244 valence electrons. The van der Waals surface area contributed by atoms with E-state index in [0.717, 1.165) is 38.5 Å². The van der Waals surface area contributed by atoms with Crippen LogP contribution in [0, 0.1) is 0 Å². The predicted molar refractivity (Wildman–Crippen MR) is 172 cm³/mol. The highest BCUT2D eigenvalue weighted by Crippen LogP contribution is 2.15. The molecule has 0 heterocycles. The molecule has 0 radical (unpaired) electrons. The SMILES string of the molecule is CCCCCCCCC/C=C/C(O)C(CS(=O)(=O)O)NC(=O)C(O)CCCCCCCCCCCCCCCCC. The molecule has 1 amide bonds. The molecule has 0 saturated heterocycles. The highest BCUT2D eigenvalue weighted by atomic mass is 32.2. The number of hydrogen-bond donors (Lipinski definition) is 4. The lowest BCUT2D eigenvalue weighted by molar-refractivity contribution is -0.130. The summed E-state index contributed by atoms with van der Waals surface area (Å²) in [6.07, 6.45) is 28.5. The summed E-state index contributed by atoms with van der Waals surface area (Å²) >= 11 is 0. The summed E-state index contributed by atoms with van der Waals surface area (Å²) in [5.74, 6) is -1.53. The van der Waals surface area contributed by atoms with Crippen LogP contribution in [-0.2, 0) is 14.9 Å². The molecule has 0 aromatic heterocycles. The maximum Gasteiger partial charge on any atom is 0.267 e. The Morgan fingerprint density at radius 1 is 0.659 bits per heavy atom. The molecule has 41 heavy (non-hydrogen) atoms. The summed E-state index contributed by atoms with van der Waals surface area (Å²) in [4.78, 5) is 12.5. The molecule has 0 spiro atoms. The normalized spacial score (nSPS) is 14.4. The Labute approximate surface area is 253 Å². The van der Waals surface area contributed by atoms with Crippen LogP contribution in [0.5, 0.6) is 0 Å². The zero-order valence-electron chi connectivity index (χ0n) is 26.5. The van der Waals surface area contributed by atoms with E-state index in [1.54, 1.807) is 6.08 Å². The van der Waals surface area contributed by atoms with Crippen LogP contribution in [0.4, 0.5) is 0 Å². The van der Waals surface area contributed by atoms with Crippen LogP contribution in [0.1, 0.15) is 168 Å². The van der Waals surface area contributed by atoms with Gasteiger partial charge in [-0.3, -0.25) is 9.35 Å². The first-order chi connectivity index (χ1) is 19.7. The highest BCUT2D eigenvalue weighted by molar-refractivity contribution is 7.85. The topological polar surface area (TPSA) is 124 Å². The average Bonchev–Trinajstić information content (AvgIpc) is 2.92. The van der Waals surface area contributed by atoms with E-state index < -0.39 is 40.0 Å². The third-order valence-electron chi connectivity index (χ3n) is 7.82. The van der Waals surface area contributed by atoms with Crippen molar-refractivity contribution < 1.29 is 28.0 Å². The van der Waals surface area contributed by atoms with Crippen molar-refractivity contribution in [2.24, 2.45) is 0 Å². The van der Waals surface area contributed by atoms with Crippen LogP contribution in [0.15, 0.2) is 12.2 Å². The number of rotatable bonds is 30. The molecule has 4 N–H and O–H groups in total. The number of unbranched alkanes of at least 4 members (excludes halogenated alkanes) is 21. The Morgan fingerprint density at radius 2 is 1.05 bits per heavy atom. The number of carbonyl (C=O) groups is 1. The van der Waals surface area contributed by atoms with Gasteiger partial charge in [0.05, 0.1) is 17.9 Å². The van der Waals surface area contributed by atoms with Gasteiger partial charge in [-0.1, -0.05) is 161 Å². The lowest BCUT2D eigenvalue weighted by Gasteiger charge is -2.22. The van der Waals surface area contributed by atoms with Crippen molar-refractivity contribution in [2.45, 2.75) is 186 Å². The first-order valence-corrected chi connectivity index (χ1v) is 18.6. The molecule has 0 bridgehead atoms. The van der Waals surface area contributed by atoms with Crippen molar-refractivity contribution in [1.82, 2.24) is 5.32 Å². The van der Waals surface area contributed by atoms with Crippen molar-refractivity contribution in [3.8, 4) is 0 Å². The van der Waals surface area contributed by atoms with Gasteiger partial charge >= 0.3 is 0 Å². The second kappa shape index (κ2) is 27.8. The average molecular weight is 604 g/mol. The highest BCUT2D eigenvalue weighted by Gasteiger charge is 2.27. The van der Waals surface area contributed by atoms with Crippen molar-refractivity contribution in [2.75, 3.05) is 5.75 Å². The molecule has 8 heteroatoms. The Kier molecular flexibility index (Phi) is 27.2. The zero-order chi connectivity index (χ0) is 30.6. The minimum absolute atomic E-state index is 0.285. The second-order valence-corrected chi connectivity index (χ2v) is 13.4. The summed E-state index contributed by atoms with van der Waals surface area (Å²) in [6, 6.07) is -1.22. The number of nitrogens with one attached hydrogen (secondary N) is 1. The van der Waals surface area contributed by atoms with E-state index in [1.807, 2.05) is 0 Å². The molecule has 7 nitrogen and oxygen atoms in total. The number of hydrogen-bond acceptors (Lipinski definition) is 5. The Morgan fingerprint density at radius 3 is 1.46 bits per heavy atom. The van der Waals surface area contributed by atoms with Crippen LogP contribution in [0.25, 0.3) is 0 Å². The van der Waals surface area contributed by atoms with Gasteiger partial charge in [-0.25, -0.2) is 0 Å². The molecule has 0 aliphatic heterocycles. The zero-order valence-corrected chi connectivity index (χ0v) is 27.4. The van der Waals surface area contributed by atoms with Gasteiger partial charge in [0.1, 0.15) is 6.10 Å². The third-order valence-corrected chi connectivity index (χ3v) is 8.60. The van der Waals surface area contributed by atoms with E-state index in [1.165, 1.54) is 109 Å². The number of allylic oxidation sites excluding steroid dienone is 1. The van der Waals surface area contributed by atoms with E-state index >= 15 is 0 Å². The quantitative estimate of drug-likeness (QED) is 0.0374. The fraction of sp³-hybridized carbons (Fsp3) is 0.909. The molecule has 0 fully saturated rings. The molecule has 0 aromatic carbocycles. The smallest absolute Gasteiger partial charge is 0.267 e. The van der Waals surface area contributed by atoms with Crippen LogP contribution in [-0.4, -0.2) is 53.1 Å². The molecular formula is C33H65NO6S. The van der Waals surface area contributed by atoms with Gasteiger partial charge in [0.15, 0.2) is 0 Å². The fourth-order valence-corrected chi connectivity index (χ4v) is 5.89. The minimum Gasteiger partial charge on any atom is -0.387 e. The molecule has 3 unspecified atom stereocenters. The van der Waals surface area contributed by atoms with Gasteiger partial charge in [-0.2, -0.15) is 8.42 Å². The summed E-state index contributed by atoms with van der Waals surface area (Å²) in [5.41, 5.74) is 0. The maximum absolute atomic E-state index is 12.5. The lowest BCUT2D eigenvalue weighted by atomic mass is 10.0. The molecule has 0 aliphatic rings. The van der Waals surface area contributed by atoms with Crippen molar-refractivity contribution in [3.05, 3.63) is 12.2 Å². The number of aliphatic hydroxyl groups is 2. The molecule has 0 aromatic rings. The van der Waals surface area contributed by atoms with E-state index in [4.69, 9.17) is 0 Å². The Bertz CT molecular complexity index is 727. The van der Waals surface area contributed by atoms with Gasteiger partial charge in [-0.15, -0.1) is 0 Å². The largest absolute Gasteiger partial charge is 0.387 e. The van der Waals surface area contributed by atoms with Crippen molar-refractivity contribution in [3.63, 3.8) is 0 Å². The summed E-state index contributed by atoms with van der Waals surface area (Å²) < 4.78 is 32.2. The monoisotopic (exact) mass is 603 g/mol. The van der Waals surface area contributed by atoms with E-state index in [9.17, 15) is 28.0 Å². The maximum atomic E-state index is 12.5. The van der Waals surface area contributed by atoms with Gasteiger partial charge < -0.3 is 15.5 Å². The summed E-state index contributed by atoms with van der Waals surface area (Å²) in [5, 5.41) is 23.2. The van der Waals surface area contributed by atoms with Crippen LogP contribution in [0.3, 0.4) is 0 Å². The van der Waals surface area contributed by atoms with E-state index in [-0.39, 0.29) is 6.42 Å². The van der Waals surface area contributed by atoms with E-state index in [0.29, 0.717) is 6.42 Å². The van der Waals surface area contributed by atoms with Crippen LogP contribution < -0.4 is 5.32 Å². The molecule has 0 rings (SSSR count). The Balaban J connectivity index is 4.09. The standard InChI is InChI=1S/C33H65NO6S/c1-3-5-7-9-11-13-14-15-16-17-18-20-22-24-26-28-32(36)33(37)34-30(29-41(38,39)40)31(35)27-25-23-21-19-12-10-8-6-4-2/h25,27,30-32,35-36H,3-24,26,28-29H2,1-2H3,(H,34,37)(H,38,39,40)/b27-25+. The number of amides is 1. The molecule has 3 atom stereocenters. The number of carbonyl (C=O) groups excluding carboxylic acids is 1. The molecule has 0 aliphatic carbocycles. The van der Waals surface area contributed by atoms with Crippen LogP contribution >= 0.6 is 0 Å². The second-order valence-electron chi connectivity index (χ2n) is 11.9. The van der Waals surface area contributed by atoms with Gasteiger partial charge in [0.25, 0.3) is 10.1 Å². The minimum atomic E-state index is -4.42. The van der Waals surface area contributed by atoms with Crippen molar-refractivity contribution >= 4 is 16.0 Å². The first-order valence-electron chi connectivity index (χ1n) is 17.0. The van der Waals surface area contributed by atoms with Crippen LogP contribution in [0.2, 0.25) is 0 Å². The van der Waals surface area contributed by atoms with Gasteiger partial charge in [0.2, 0.25) is 5.91 Å². The lowest BCUT2D eigenvalue weighted by Crippen LogP contribution is -2.50. The Hall–Kier alpha value is -0.960. The predicted octanol–water partition coefficient (Wildman–Crippen LogP) is 8.04. The summed E-state index contributed by atoms with van der Waals surface area (Å²) in [7, 11) is -4.42. The van der Waals surface area contributed by atoms with Crippen molar-refractivity contribution in [1.29, 1.82) is 0 Å². The molecular weight excluding hydrogens is 538 g/mol. The van der Waals surface area contributed by atoms with E-state index in [2.05, 4.69) is 19.2 Å².